The van der Waals surface area contributed by atoms with E-state index < -0.39 is 0 Å². The lowest BCUT2D eigenvalue weighted by Crippen LogP contribution is -2.36. The van der Waals surface area contributed by atoms with Crippen LogP contribution in [0.2, 0.25) is 0 Å². The molecule has 0 amide bonds. The Bertz CT molecular complexity index is 440. The maximum absolute atomic E-state index is 3.43. The molecule has 0 aliphatic heterocycles. The highest BCUT2D eigenvalue weighted by Gasteiger charge is 2.28. The third-order valence-electron chi connectivity index (χ3n) is 4.97. The molecule has 0 radical (unpaired) electrons. The predicted octanol–water partition coefficient (Wildman–Crippen LogP) is 4.57. The van der Waals surface area contributed by atoms with E-state index in [0.717, 1.165) is 25.7 Å². The zero-order valence-electron chi connectivity index (χ0n) is 14.5. The van der Waals surface area contributed by atoms with Crippen LogP contribution in [0, 0.1) is 12.3 Å². The first-order valence-electron chi connectivity index (χ1n) is 8.40. The standard InChI is InChI=1S/C18H32N2S/c1-6-19-12-17-11-15(14(2)21-17)13-20(5)16-7-9-18(3,4)10-8-16/h11,16,19H,6-10,12-13H2,1-5H3. The molecular weight excluding hydrogens is 276 g/mol. The number of rotatable bonds is 6. The van der Waals surface area contributed by atoms with Gasteiger partial charge in [0, 0.05) is 28.9 Å². The van der Waals surface area contributed by atoms with Crippen LogP contribution in [0.5, 0.6) is 0 Å². The summed E-state index contributed by atoms with van der Waals surface area (Å²) in [4.78, 5) is 5.55. The molecule has 1 aliphatic carbocycles. The summed E-state index contributed by atoms with van der Waals surface area (Å²) < 4.78 is 0. The molecule has 1 saturated carbocycles. The van der Waals surface area contributed by atoms with Crippen LogP contribution in [-0.4, -0.2) is 24.5 Å². The van der Waals surface area contributed by atoms with Crippen molar-refractivity contribution in [2.75, 3.05) is 13.6 Å². The van der Waals surface area contributed by atoms with E-state index in [0.29, 0.717) is 5.41 Å². The Balaban J connectivity index is 1.90. The topological polar surface area (TPSA) is 15.3 Å². The quantitative estimate of drug-likeness (QED) is 0.828. The first-order chi connectivity index (χ1) is 9.91. The first kappa shape index (κ1) is 17.0. The molecule has 0 saturated heterocycles. The van der Waals surface area contributed by atoms with Crippen LogP contribution in [0.3, 0.4) is 0 Å². The van der Waals surface area contributed by atoms with E-state index in [4.69, 9.17) is 0 Å². The Morgan fingerprint density at radius 1 is 1.33 bits per heavy atom. The second-order valence-corrected chi connectivity index (χ2v) is 8.73. The minimum absolute atomic E-state index is 0.564. The fraction of sp³-hybridized carbons (Fsp3) is 0.778. The second-order valence-electron chi connectivity index (χ2n) is 7.38. The largest absolute Gasteiger partial charge is 0.312 e. The van der Waals surface area contributed by atoms with Crippen molar-refractivity contribution in [3.63, 3.8) is 0 Å². The Labute approximate surface area is 134 Å². The van der Waals surface area contributed by atoms with Gasteiger partial charge in [-0.05, 0) is 63.2 Å². The Hall–Kier alpha value is -0.380. The molecule has 1 fully saturated rings. The van der Waals surface area contributed by atoms with Crippen LogP contribution in [0.15, 0.2) is 6.07 Å². The molecule has 120 valence electrons. The van der Waals surface area contributed by atoms with Gasteiger partial charge in [-0.2, -0.15) is 0 Å². The molecule has 0 atom stereocenters. The third kappa shape index (κ3) is 4.80. The fourth-order valence-electron chi connectivity index (χ4n) is 3.30. The van der Waals surface area contributed by atoms with E-state index in [9.17, 15) is 0 Å². The van der Waals surface area contributed by atoms with Crippen LogP contribution in [0.4, 0.5) is 0 Å². The predicted molar refractivity (Wildman–Crippen MR) is 93.9 cm³/mol. The molecule has 1 N–H and O–H groups in total. The van der Waals surface area contributed by atoms with E-state index >= 15 is 0 Å². The highest BCUT2D eigenvalue weighted by Crippen LogP contribution is 2.37. The molecule has 0 unspecified atom stereocenters. The van der Waals surface area contributed by atoms with Crippen molar-refractivity contribution < 1.29 is 0 Å². The third-order valence-corrected chi connectivity index (χ3v) is 6.07. The molecule has 2 rings (SSSR count). The summed E-state index contributed by atoms with van der Waals surface area (Å²) in [6.45, 7) is 12.4. The molecule has 1 heterocycles. The van der Waals surface area contributed by atoms with E-state index in [1.54, 1.807) is 0 Å². The molecular formula is C18H32N2S. The van der Waals surface area contributed by atoms with E-state index in [1.807, 2.05) is 11.3 Å². The minimum Gasteiger partial charge on any atom is -0.312 e. The van der Waals surface area contributed by atoms with Gasteiger partial charge >= 0.3 is 0 Å². The zero-order chi connectivity index (χ0) is 15.5. The van der Waals surface area contributed by atoms with Gasteiger partial charge in [0.2, 0.25) is 0 Å². The number of aryl methyl sites for hydroxylation is 1. The van der Waals surface area contributed by atoms with Crippen LogP contribution in [0.1, 0.15) is 61.8 Å². The summed E-state index contributed by atoms with van der Waals surface area (Å²) >= 11 is 1.95. The number of nitrogens with zero attached hydrogens (tertiary/aromatic N) is 1. The van der Waals surface area contributed by atoms with E-state index in [2.05, 4.69) is 51.0 Å². The average molecular weight is 309 g/mol. The Morgan fingerprint density at radius 3 is 2.62 bits per heavy atom. The molecule has 3 heteroatoms. The number of hydrogen-bond donors (Lipinski definition) is 1. The number of nitrogens with one attached hydrogen (secondary N) is 1. The lowest BCUT2D eigenvalue weighted by atomic mass is 9.75. The van der Waals surface area contributed by atoms with Crippen molar-refractivity contribution in [1.82, 2.24) is 10.2 Å². The lowest BCUT2D eigenvalue weighted by Gasteiger charge is -2.38. The van der Waals surface area contributed by atoms with Crippen molar-refractivity contribution >= 4 is 11.3 Å². The van der Waals surface area contributed by atoms with Gasteiger partial charge < -0.3 is 5.32 Å². The molecule has 1 aromatic heterocycles. The van der Waals surface area contributed by atoms with Crippen LogP contribution < -0.4 is 5.32 Å². The molecule has 0 aromatic carbocycles. The molecule has 1 aromatic rings. The molecule has 0 bridgehead atoms. The summed E-state index contributed by atoms with van der Waals surface area (Å²) in [5.41, 5.74) is 2.09. The van der Waals surface area contributed by atoms with Crippen LogP contribution in [-0.2, 0) is 13.1 Å². The summed E-state index contributed by atoms with van der Waals surface area (Å²) in [5, 5.41) is 3.43. The Kier molecular flexibility index (Phi) is 5.87. The number of thiophene rings is 1. The highest BCUT2D eigenvalue weighted by atomic mass is 32.1. The summed E-state index contributed by atoms with van der Waals surface area (Å²) in [6, 6.07) is 3.18. The molecule has 1 aliphatic rings. The smallest absolute Gasteiger partial charge is 0.0299 e. The lowest BCUT2D eigenvalue weighted by molar-refractivity contribution is 0.123. The molecule has 21 heavy (non-hydrogen) atoms. The van der Waals surface area contributed by atoms with Crippen molar-refractivity contribution in [3.05, 3.63) is 21.4 Å². The number of hydrogen-bond acceptors (Lipinski definition) is 3. The fourth-order valence-corrected chi connectivity index (χ4v) is 4.33. The van der Waals surface area contributed by atoms with Gasteiger partial charge in [0.25, 0.3) is 0 Å². The van der Waals surface area contributed by atoms with Gasteiger partial charge in [0.1, 0.15) is 0 Å². The first-order valence-corrected chi connectivity index (χ1v) is 9.22. The summed E-state index contributed by atoms with van der Waals surface area (Å²) in [6.07, 6.45) is 5.46. The zero-order valence-corrected chi connectivity index (χ0v) is 15.3. The van der Waals surface area contributed by atoms with Crippen molar-refractivity contribution in [2.24, 2.45) is 5.41 Å². The van der Waals surface area contributed by atoms with Crippen molar-refractivity contribution in [1.29, 1.82) is 0 Å². The minimum atomic E-state index is 0.564. The summed E-state index contributed by atoms with van der Waals surface area (Å²) in [5.74, 6) is 0. The van der Waals surface area contributed by atoms with Gasteiger partial charge in [-0.1, -0.05) is 20.8 Å². The highest BCUT2D eigenvalue weighted by molar-refractivity contribution is 7.12. The van der Waals surface area contributed by atoms with Gasteiger partial charge in [0.05, 0.1) is 0 Å². The molecule has 2 nitrogen and oxygen atoms in total. The van der Waals surface area contributed by atoms with Crippen LogP contribution in [0.25, 0.3) is 0 Å². The molecule has 0 spiro atoms. The van der Waals surface area contributed by atoms with E-state index in [-0.39, 0.29) is 0 Å². The van der Waals surface area contributed by atoms with Crippen molar-refractivity contribution in [3.8, 4) is 0 Å². The second kappa shape index (κ2) is 7.26. The van der Waals surface area contributed by atoms with Crippen molar-refractivity contribution in [2.45, 2.75) is 72.5 Å². The normalized spacial score (nSPS) is 19.3. The van der Waals surface area contributed by atoms with E-state index in [1.165, 1.54) is 41.0 Å². The maximum Gasteiger partial charge on any atom is 0.0299 e. The maximum atomic E-state index is 3.43. The monoisotopic (exact) mass is 308 g/mol. The van der Waals surface area contributed by atoms with Gasteiger partial charge in [-0.3, -0.25) is 4.90 Å². The Morgan fingerprint density at radius 2 is 2.00 bits per heavy atom. The van der Waals surface area contributed by atoms with Gasteiger partial charge in [-0.25, -0.2) is 0 Å². The average Bonchev–Trinajstić information content (AvgIpc) is 2.76. The summed E-state index contributed by atoms with van der Waals surface area (Å²) in [7, 11) is 2.31. The van der Waals surface area contributed by atoms with Crippen LogP contribution >= 0.6 is 11.3 Å². The van der Waals surface area contributed by atoms with Gasteiger partial charge in [-0.15, -0.1) is 11.3 Å². The SMILES string of the molecule is CCNCc1cc(CN(C)C2CCC(C)(C)CC2)c(C)s1. The van der Waals surface area contributed by atoms with Gasteiger partial charge in [0.15, 0.2) is 0 Å².